The average molecular weight is 274 g/mol. The molecule has 0 fully saturated rings. The smallest absolute Gasteiger partial charge is 0.295 e. The molecular formula is C14H18N4O2. The Morgan fingerprint density at radius 2 is 2.10 bits per heavy atom. The second-order valence-electron chi connectivity index (χ2n) is 4.28. The maximum atomic E-state index is 11.8. The second-order valence-corrected chi connectivity index (χ2v) is 4.28. The van der Waals surface area contributed by atoms with Crippen molar-refractivity contribution >= 4 is 5.82 Å². The van der Waals surface area contributed by atoms with E-state index in [0.717, 1.165) is 5.56 Å². The van der Waals surface area contributed by atoms with Crippen molar-refractivity contribution in [3.63, 3.8) is 0 Å². The Labute approximate surface area is 117 Å². The summed E-state index contributed by atoms with van der Waals surface area (Å²) in [4.78, 5) is 20.4. The molecule has 3 N–H and O–H groups in total. The molecule has 1 aromatic heterocycles. The summed E-state index contributed by atoms with van der Waals surface area (Å²) in [5, 5.41) is 0. The van der Waals surface area contributed by atoms with Crippen LogP contribution in [0.25, 0.3) is 0 Å². The van der Waals surface area contributed by atoms with Gasteiger partial charge in [0.1, 0.15) is 0 Å². The molecule has 106 valence electrons. The van der Waals surface area contributed by atoms with Crippen LogP contribution in [0, 0.1) is 0 Å². The van der Waals surface area contributed by atoms with Gasteiger partial charge in [0.25, 0.3) is 5.56 Å². The summed E-state index contributed by atoms with van der Waals surface area (Å²) in [6, 6.07) is 9.94. The van der Waals surface area contributed by atoms with Crippen molar-refractivity contribution in [3.05, 3.63) is 52.6 Å². The summed E-state index contributed by atoms with van der Waals surface area (Å²) in [6.07, 6.45) is 1.37. The normalized spacial score (nSPS) is 10.3. The number of nitrogens with two attached hydrogens (primary N) is 1. The number of benzene rings is 1. The maximum Gasteiger partial charge on any atom is 0.295 e. The molecule has 0 amide bonds. The van der Waals surface area contributed by atoms with Gasteiger partial charge in [0, 0.05) is 19.6 Å². The number of hydrogen-bond donors (Lipinski definition) is 2. The minimum atomic E-state index is -0.299. The molecule has 0 spiro atoms. The Hall–Kier alpha value is -2.34. The van der Waals surface area contributed by atoms with Gasteiger partial charge in [-0.05, 0) is 5.56 Å². The van der Waals surface area contributed by atoms with E-state index in [1.165, 1.54) is 13.4 Å². The molecule has 1 aromatic carbocycles. The van der Waals surface area contributed by atoms with Crippen LogP contribution in [-0.2, 0) is 6.54 Å². The van der Waals surface area contributed by atoms with Crippen molar-refractivity contribution in [1.82, 2.24) is 9.97 Å². The summed E-state index contributed by atoms with van der Waals surface area (Å²) in [7, 11) is 1.46. The predicted molar refractivity (Wildman–Crippen MR) is 78.0 cm³/mol. The van der Waals surface area contributed by atoms with Crippen LogP contribution in [0.3, 0.4) is 0 Å². The first-order valence-corrected chi connectivity index (χ1v) is 6.37. The van der Waals surface area contributed by atoms with Gasteiger partial charge < -0.3 is 20.4 Å². The lowest BCUT2D eigenvalue weighted by Crippen LogP contribution is -2.31. The molecule has 0 saturated carbocycles. The topological polar surface area (TPSA) is 84.2 Å². The van der Waals surface area contributed by atoms with Crippen molar-refractivity contribution in [2.24, 2.45) is 5.73 Å². The van der Waals surface area contributed by atoms with E-state index in [0.29, 0.717) is 25.5 Å². The lowest BCUT2D eigenvalue weighted by atomic mass is 10.2. The fourth-order valence-electron chi connectivity index (χ4n) is 2.01. The van der Waals surface area contributed by atoms with Crippen LogP contribution in [0.1, 0.15) is 5.56 Å². The Balaban J connectivity index is 2.34. The molecule has 0 unspecified atom stereocenters. The Bertz CT molecular complexity index is 598. The van der Waals surface area contributed by atoms with E-state index < -0.39 is 0 Å². The number of aromatic amines is 1. The predicted octanol–water partition coefficient (Wildman–Crippen LogP) is 0.744. The highest BCUT2D eigenvalue weighted by Crippen LogP contribution is 2.21. The Morgan fingerprint density at radius 3 is 2.75 bits per heavy atom. The number of nitrogens with one attached hydrogen (secondary N) is 1. The fourth-order valence-corrected chi connectivity index (χ4v) is 2.01. The number of methoxy groups -OCH3 is 1. The zero-order valence-corrected chi connectivity index (χ0v) is 11.4. The zero-order chi connectivity index (χ0) is 14.4. The Morgan fingerprint density at radius 1 is 1.35 bits per heavy atom. The molecule has 0 radical (unpaired) electrons. The van der Waals surface area contributed by atoms with Crippen LogP contribution in [0.2, 0.25) is 0 Å². The van der Waals surface area contributed by atoms with Crippen molar-refractivity contribution in [1.29, 1.82) is 0 Å². The first-order chi connectivity index (χ1) is 9.76. The Kier molecular flexibility index (Phi) is 4.73. The van der Waals surface area contributed by atoms with Crippen LogP contribution < -0.4 is 20.9 Å². The molecular weight excluding hydrogens is 256 g/mol. The van der Waals surface area contributed by atoms with Gasteiger partial charge in [-0.25, -0.2) is 4.98 Å². The van der Waals surface area contributed by atoms with E-state index in [-0.39, 0.29) is 11.3 Å². The summed E-state index contributed by atoms with van der Waals surface area (Å²) in [6.45, 7) is 1.66. The molecule has 2 aromatic rings. The fraction of sp³-hybridized carbons (Fsp3) is 0.286. The summed E-state index contributed by atoms with van der Waals surface area (Å²) < 4.78 is 5.15. The monoisotopic (exact) mass is 274 g/mol. The molecule has 1 heterocycles. The van der Waals surface area contributed by atoms with Crippen LogP contribution >= 0.6 is 0 Å². The van der Waals surface area contributed by atoms with Gasteiger partial charge in [0.05, 0.1) is 13.4 Å². The minimum Gasteiger partial charge on any atom is -0.489 e. The molecule has 2 rings (SSSR count). The number of aromatic nitrogens is 2. The molecule has 0 aliphatic rings. The van der Waals surface area contributed by atoms with Gasteiger partial charge in [-0.2, -0.15) is 0 Å². The minimum absolute atomic E-state index is 0.205. The molecule has 0 atom stereocenters. The number of nitrogens with zero attached hydrogens (tertiary/aromatic N) is 2. The van der Waals surface area contributed by atoms with Crippen LogP contribution in [-0.4, -0.2) is 30.2 Å². The highest BCUT2D eigenvalue weighted by atomic mass is 16.5. The first-order valence-electron chi connectivity index (χ1n) is 6.37. The third-order valence-electron chi connectivity index (χ3n) is 2.91. The van der Waals surface area contributed by atoms with Crippen LogP contribution in [0.5, 0.6) is 5.75 Å². The number of rotatable bonds is 6. The van der Waals surface area contributed by atoms with E-state index in [2.05, 4.69) is 9.97 Å². The SMILES string of the molecule is COc1c(N(CCN)Cc2ccccc2)nc[nH]c1=O. The van der Waals surface area contributed by atoms with Gasteiger partial charge in [0.15, 0.2) is 5.82 Å². The molecule has 0 bridgehead atoms. The van der Waals surface area contributed by atoms with Crippen molar-refractivity contribution in [2.75, 3.05) is 25.1 Å². The van der Waals surface area contributed by atoms with Gasteiger partial charge in [-0.3, -0.25) is 4.79 Å². The molecule has 20 heavy (non-hydrogen) atoms. The molecule has 0 aliphatic carbocycles. The summed E-state index contributed by atoms with van der Waals surface area (Å²) in [5.74, 6) is 0.711. The lowest BCUT2D eigenvalue weighted by Gasteiger charge is -2.24. The quantitative estimate of drug-likeness (QED) is 0.812. The number of H-pyrrole nitrogens is 1. The second kappa shape index (κ2) is 6.72. The average Bonchev–Trinajstić information content (AvgIpc) is 2.47. The summed E-state index contributed by atoms with van der Waals surface area (Å²) >= 11 is 0. The van der Waals surface area contributed by atoms with Gasteiger partial charge in [-0.1, -0.05) is 30.3 Å². The molecule has 0 saturated heterocycles. The van der Waals surface area contributed by atoms with E-state index in [9.17, 15) is 4.79 Å². The molecule has 0 aliphatic heterocycles. The number of hydrogen-bond acceptors (Lipinski definition) is 5. The molecule has 6 nitrogen and oxygen atoms in total. The highest BCUT2D eigenvalue weighted by Gasteiger charge is 2.16. The molecule has 6 heteroatoms. The standard InChI is InChI=1S/C14H18N4O2/c1-20-12-13(16-10-17-14(12)19)18(8-7-15)9-11-5-3-2-4-6-11/h2-6,10H,7-9,15H2,1H3,(H,16,17,19). The zero-order valence-electron chi connectivity index (χ0n) is 11.4. The van der Waals surface area contributed by atoms with Crippen molar-refractivity contribution in [3.8, 4) is 5.75 Å². The lowest BCUT2D eigenvalue weighted by molar-refractivity contribution is 0.405. The number of ether oxygens (including phenoxy) is 1. The van der Waals surface area contributed by atoms with Gasteiger partial charge in [-0.15, -0.1) is 0 Å². The van der Waals surface area contributed by atoms with E-state index in [4.69, 9.17) is 10.5 Å². The van der Waals surface area contributed by atoms with E-state index >= 15 is 0 Å². The first kappa shape index (κ1) is 14.1. The summed E-state index contributed by atoms with van der Waals surface area (Å²) in [5.41, 5.74) is 6.47. The van der Waals surface area contributed by atoms with Gasteiger partial charge >= 0.3 is 0 Å². The number of anilines is 1. The van der Waals surface area contributed by atoms with Crippen molar-refractivity contribution < 1.29 is 4.74 Å². The maximum absolute atomic E-state index is 11.8. The van der Waals surface area contributed by atoms with Crippen LogP contribution in [0.4, 0.5) is 5.82 Å². The van der Waals surface area contributed by atoms with Crippen LogP contribution in [0.15, 0.2) is 41.5 Å². The third-order valence-corrected chi connectivity index (χ3v) is 2.91. The largest absolute Gasteiger partial charge is 0.489 e. The highest BCUT2D eigenvalue weighted by molar-refractivity contribution is 5.51. The van der Waals surface area contributed by atoms with Crippen molar-refractivity contribution in [2.45, 2.75) is 6.54 Å². The van der Waals surface area contributed by atoms with E-state index in [1.54, 1.807) is 0 Å². The van der Waals surface area contributed by atoms with Gasteiger partial charge in [0.2, 0.25) is 5.75 Å². The van der Waals surface area contributed by atoms with E-state index in [1.807, 2.05) is 35.2 Å². The third kappa shape index (κ3) is 3.16.